The zero-order valence-electron chi connectivity index (χ0n) is 41.0. The van der Waals surface area contributed by atoms with E-state index in [2.05, 4.69) is 16.0 Å². The first-order chi connectivity index (χ1) is 35.9. The fourth-order valence-electron chi connectivity index (χ4n) is 9.32. The molecule has 34 nitrogen and oxygen atoms in total. The molecule has 0 aromatic carbocycles. The molecule has 3 amide bonds. The molecule has 5 heterocycles. The Bertz CT molecular complexity index is 1820. The van der Waals surface area contributed by atoms with E-state index in [0.29, 0.717) is 0 Å². The zero-order chi connectivity index (χ0) is 56.6. The van der Waals surface area contributed by atoms with Crippen molar-refractivity contribution < 1.29 is 154 Å². The molecule has 0 saturated carbocycles. The van der Waals surface area contributed by atoms with Gasteiger partial charge >= 0.3 is 0 Å². The molecule has 0 aromatic rings. The molecular weight excluding hydrogens is 1040 g/mol. The van der Waals surface area contributed by atoms with Crippen molar-refractivity contribution in [2.75, 3.05) is 46.2 Å². The maximum atomic E-state index is 12.6. The van der Waals surface area contributed by atoms with Crippen molar-refractivity contribution in [3.63, 3.8) is 0 Å². The van der Waals surface area contributed by atoms with Gasteiger partial charge in [0.15, 0.2) is 31.5 Å². The quantitative estimate of drug-likeness (QED) is 0.0452. The SMILES string of the molecule is CC(=O)N[C@H]1[C@H](O[C@H]2[C@@H](O)[C@@H](CO)O[C@@H](O[C@H]3[C@H](O)[C@@H](NC(C)=O)[C@H](O[C@H]4[C@@H](O)[C@@H](CO)O[C@@H](O[C@@H]([C@@H](O)[C@H](O)CO)[C@H](CO)NC(C)=O)[C@@H]4O)O[C@@H]3CO)[C@@H]2O)O[C@H](CO)[C@@H](O[C@@H]2O[C@H](CO)[C@H](O)[C@H](O)[C@H]2O)[C@@H]1O. The van der Waals surface area contributed by atoms with Gasteiger partial charge < -0.3 is 155 Å². The molecule has 34 heteroatoms. The molecule has 5 aliphatic heterocycles. The van der Waals surface area contributed by atoms with Crippen LogP contribution in [0, 0.1) is 0 Å². The third-order valence-electron chi connectivity index (χ3n) is 13.3. The Morgan fingerprint density at radius 1 is 0.421 bits per heavy atom. The summed E-state index contributed by atoms with van der Waals surface area (Å²) in [4.78, 5) is 37.1. The number of hydrogen-bond acceptors (Lipinski definition) is 31. The predicted molar refractivity (Wildman–Crippen MR) is 236 cm³/mol. The molecule has 0 aromatic heterocycles. The summed E-state index contributed by atoms with van der Waals surface area (Å²) in [7, 11) is 0. The Hall–Kier alpha value is -2.71. The standard InChI is InChI=1S/C42H73N3O31/c1-11(53)43-14(4-46)33(23(57)15(56)5-47)72-41-31(65)36(25(59)17(7-49)68-41)75-39-22(45-13(3)55)28(62)35(20(10-52)71-39)74-42-32(66)37(26(60)18(8-50)69-42)76-38-21(44-12(2)54)27(61)34(19(9-51)70-38)73-40-30(64)29(63)24(58)16(6-48)67-40/h14-42,46-52,56-66H,4-10H2,1-3H3,(H,43,53)(H,44,54)(H,45,55)/t14-,15+,16+,17+,18+,19+,20+,21+,22+,23-,24-,25-,26-,27+,28+,29-,30+,31+,32+,33+,34+,35+,36-,37-,38-,39-,40-,41-,42-/m0/s1. The smallest absolute Gasteiger partial charge is 0.217 e. The molecule has 0 unspecified atom stereocenters. The van der Waals surface area contributed by atoms with Crippen molar-refractivity contribution in [2.24, 2.45) is 0 Å². The number of amides is 3. The van der Waals surface area contributed by atoms with Crippen LogP contribution in [0.25, 0.3) is 0 Å². The van der Waals surface area contributed by atoms with Gasteiger partial charge in [-0.1, -0.05) is 0 Å². The minimum absolute atomic E-state index is 0.765. The van der Waals surface area contributed by atoms with E-state index < -0.39 is 242 Å². The van der Waals surface area contributed by atoms with Gasteiger partial charge in [0.1, 0.15) is 140 Å². The lowest BCUT2D eigenvalue weighted by atomic mass is 9.94. The van der Waals surface area contributed by atoms with Crippen LogP contribution in [0.3, 0.4) is 0 Å². The summed E-state index contributed by atoms with van der Waals surface area (Å²) < 4.78 is 57.5. The number of rotatable bonds is 23. The van der Waals surface area contributed by atoms with Crippen LogP contribution in [0.4, 0.5) is 0 Å². The molecule has 5 rings (SSSR count). The van der Waals surface area contributed by atoms with Gasteiger partial charge in [0.05, 0.1) is 52.3 Å². The number of ether oxygens (including phenoxy) is 10. The van der Waals surface area contributed by atoms with Crippen molar-refractivity contribution in [1.29, 1.82) is 0 Å². The summed E-state index contributed by atoms with van der Waals surface area (Å²) in [5, 5.41) is 199. The highest BCUT2D eigenvalue weighted by atomic mass is 16.8. The molecule has 29 atom stereocenters. The van der Waals surface area contributed by atoms with Crippen LogP contribution in [0.5, 0.6) is 0 Å². The first kappa shape index (κ1) is 64.1. The molecule has 21 N–H and O–H groups in total. The van der Waals surface area contributed by atoms with Crippen LogP contribution < -0.4 is 16.0 Å². The number of hydrogen-bond donors (Lipinski definition) is 21. The third-order valence-corrected chi connectivity index (χ3v) is 13.3. The Labute approximate surface area is 431 Å². The van der Waals surface area contributed by atoms with E-state index in [1.807, 2.05) is 0 Å². The fraction of sp³-hybridized carbons (Fsp3) is 0.929. The van der Waals surface area contributed by atoms with Gasteiger partial charge in [-0.15, -0.1) is 0 Å². The highest BCUT2D eigenvalue weighted by Gasteiger charge is 2.58. The minimum atomic E-state index is -2.23. The molecule has 76 heavy (non-hydrogen) atoms. The van der Waals surface area contributed by atoms with E-state index in [1.165, 1.54) is 0 Å². The predicted octanol–water partition coefficient (Wildman–Crippen LogP) is -14.0. The van der Waals surface area contributed by atoms with Crippen LogP contribution in [-0.4, -0.2) is 334 Å². The maximum Gasteiger partial charge on any atom is 0.217 e. The van der Waals surface area contributed by atoms with Gasteiger partial charge in [0, 0.05) is 20.8 Å². The molecule has 5 saturated heterocycles. The van der Waals surface area contributed by atoms with Gasteiger partial charge in [0.2, 0.25) is 17.7 Å². The van der Waals surface area contributed by atoms with Crippen molar-refractivity contribution in [2.45, 2.75) is 199 Å². The average Bonchev–Trinajstić information content (AvgIpc) is 3.39. The second-order valence-corrected chi connectivity index (χ2v) is 18.7. The van der Waals surface area contributed by atoms with Crippen molar-refractivity contribution in [3.8, 4) is 0 Å². The van der Waals surface area contributed by atoms with Gasteiger partial charge in [-0.05, 0) is 0 Å². The molecule has 0 bridgehead atoms. The summed E-state index contributed by atoms with van der Waals surface area (Å²) in [5.41, 5.74) is 0. The van der Waals surface area contributed by atoms with Crippen molar-refractivity contribution in [1.82, 2.24) is 16.0 Å². The largest absolute Gasteiger partial charge is 0.394 e. The first-order valence-corrected chi connectivity index (χ1v) is 24.0. The van der Waals surface area contributed by atoms with Crippen LogP contribution >= 0.6 is 0 Å². The van der Waals surface area contributed by atoms with Crippen LogP contribution in [0.2, 0.25) is 0 Å². The number of carbonyl (C=O) groups is 3. The van der Waals surface area contributed by atoms with Crippen LogP contribution in [0.1, 0.15) is 20.8 Å². The summed E-state index contributed by atoms with van der Waals surface area (Å²) in [6, 6.07) is -5.13. The number of carbonyl (C=O) groups excluding carboxylic acids is 3. The van der Waals surface area contributed by atoms with Crippen molar-refractivity contribution >= 4 is 17.7 Å². The molecule has 0 aliphatic carbocycles. The summed E-state index contributed by atoms with van der Waals surface area (Å²) >= 11 is 0. The van der Waals surface area contributed by atoms with Crippen LogP contribution in [-0.2, 0) is 61.8 Å². The van der Waals surface area contributed by atoms with Gasteiger partial charge in [-0.2, -0.15) is 0 Å². The fourth-order valence-corrected chi connectivity index (χ4v) is 9.32. The lowest BCUT2D eigenvalue weighted by Gasteiger charge is -2.50. The molecule has 0 spiro atoms. The van der Waals surface area contributed by atoms with Gasteiger partial charge in [-0.3, -0.25) is 14.4 Å². The summed E-state index contributed by atoms with van der Waals surface area (Å²) in [6.45, 7) is -4.01. The Balaban J connectivity index is 1.38. The molecule has 0 radical (unpaired) electrons. The Morgan fingerprint density at radius 3 is 1.17 bits per heavy atom. The first-order valence-electron chi connectivity index (χ1n) is 24.0. The lowest BCUT2D eigenvalue weighted by Crippen LogP contribution is -2.70. The highest BCUT2D eigenvalue weighted by Crippen LogP contribution is 2.36. The van der Waals surface area contributed by atoms with Gasteiger partial charge in [-0.25, -0.2) is 0 Å². The summed E-state index contributed by atoms with van der Waals surface area (Å²) in [6.07, 6.45) is -50.4. The number of aliphatic hydroxyl groups excluding tert-OH is 18. The Morgan fingerprint density at radius 2 is 0.789 bits per heavy atom. The Kier molecular flexibility index (Phi) is 24.1. The zero-order valence-corrected chi connectivity index (χ0v) is 41.0. The number of nitrogens with one attached hydrogen (secondary N) is 3. The van der Waals surface area contributed by atoms with E-state index in [0.717, 1.165) is 20.8 Å². The van der Waals surface area contributed by atoms with E-state index in [4.69, 9.17) is 47.4 Å². The second kappa shape index (κ2) is 28.6. The monoisotopic (exact) mass is 1120 g/mol. The minimum Gasteiger partial charge on any atom is -0.394 e. The number of aliphatic hydroxyl groups is 18. The third kappa shape index (κ3) is 14.6. The average molecular weight is 1120 g/mol. The lowest BCUT2D eigenvalue weighted by molar-refractivity contribution is -0.383. The molecule has 5 fully saturated rings. The molecule has 442 valence electrons. The normalized spacial score (nSPS) is 43.8. The van der Waals surface area contributed by atoms with Gasteiger partial charge in [0.25, 0.3) is 0 Å². The topological polar surface area (TPSA) is 544 Å². The summed E-state index contributed by atoms with van der Waals surface area (Å²) in [5.74, 6) is -2.48. The van der Waals surface area contributed by atoms with Crippen LogP contribution in [0.15, 0.2) is 0 Å². The second-order valence-electron chi connectivity index (χ2n) is 18.7. The van der Waals surface area contributed by atoms with Crippen molar-refractivity contribution in [3.05, 3.63) is 0 Å². The van der Waals surface area contributed by atoms with E-state index in [1.54, 1.807) is 0 Å². The van der Waals surface area contributed by atoms with E-state index >= 15 is 0 Å². The molecule has 5 aliphatic rings. The van der Waals surface area contributed by atoms with E-state index in [-0.39, 0.29) is 0 Å². The molecular formula is C42H73N3O31. The maximum absolute atomic E-state index is 12.6. The highest BCUT2D eigenvalue weighted by molar-refractivity contribution is 5.74. The van der Waals surface area contributed by atoms with E-state index in [9.17, 15) is 106 Å².